The van der Waals surface area contributed by atoms with Crippen LogP contribution in [0.3, 0.4) is 0 Å². The number of halogens is 2. The molecule has 1 N–H and O–H groups in total. The molecule has 226 valence electrons. The summed E-state index contributed by atoms with van der Waals surface area (Å²) in [7, 11) is 2.11. The number of likely N-dealkylation sites (N-methyl/N-ethyl adjacent to an activating group) is 1. The Morgan fingerprint density at radius 1 is 1.19 bits per heavy atom. The number of likely N-dealkylation sites (tertiary alicyclic amines) is 1. The van der Waals surface area contributed by atoms with Crippen molar-refractivity contribution in [2.24, 2.45) is 0 Å². The number of ether oxygens (including phenoxy) is 2. The number of anilines is 1. The first kappa shape index (κ1) is 28.7. The van der Waals surface area contributed by atoms with Gasteiger partial charge in [-0.25, -0.2) is 9.50 Å². The van der Waals surface area contributed by atoms with Crippen molar-refractivity contribution in [3.05, 3.63) is 60.2 Å². The van der Waals surface area contributed by atoms with Gasteiger partial charge in [-0.1, -0.05) is 11.6 Å². The standard InChI is InChI=1S/C29H32F2N8O4/c1-18-5-6-24(43-29(30)31)21(12-18)27-22(34-28(41)23-13-32-25-4-3-9-33-39(23)25)14-38(35-27)15-26(40)37-10-7-19(8-11-37)36(2)20-16-42-17-20/h3-6,9,12-14,19-20,29H,7-8,10-11,15-17H2,1-2H3,(H,34,41). The normalized spacial score (nSPS) is 16.2. The molecule has 0 spiro atoms. The van der Waals surface area contributed by atoms with Crippen molar-refractivity contribution in [3.8, 4) is 17.0 Å². The quantitative estimate of drug-likeness (QED) is 0.314. The van der Waals surface area contributed by atoms with E-state index in [0.29, 0.717) is 30.8 Å². The molecule has 2 saturated heterocycles. The van der Waals surface area contributed by atoms with Crippen LogP contribution in [-0.4, -0.2) is 98.0 Å². The van der Waals surface area contributed by atoms with E-state index in [9.17, 15) is 18.4 Å². The summed E-state index contributed by atoms with van der Waals surface area (Å²) in [6.07, 6.45) is 6.16. The Morgan fingerprint density at radius 3 is 2.70 bits per heavy atom. The first-order chi connectivity index (χ1) is 20.8. The fraction of sp³-hybridized carbons (Fsp3) is 0.414. The van der Waals surface area contributed by atoms with Gasteiger partial charge < -0.3 is 19.7 Å². The molecule has 2 aliphatic rings. The van der Waals surface area contributed by atoms with E-state index in [-0.39, 0.29) is 40.8 Å². The number of benzene rings is 1. The maximum atomic E-state index is 13.4. The lowest BCUT2D eigenvalue weighted by Crippen LogP contribution is -2.54. The van der Waals surface area contributed by atoms with E-state index >= 15 is 0 Å². The second-order valence-electron chi connectivity index (χ2n) is 10.8. The Morgan fingerprint density at radius 2 is 1.98 bits per heavy atom. The van der Waals surface area contributed by atoms with Crippen molar-refractivity contribution in [1.29, 1.82) is 0 Å². The highest BCUT2D eigenvalue weighted by atomic mass is 19.3. The van der Waals surface area contributed by atoms with E-state index in [1.165, 1.54) is 33.9 Å². The number of hydrogen-bond acceptors (Lipinski definition) is 8. The minimum Gasteiger partial charge on any atom is -0.434 e. The molecule has 2 aliphatic heterocycles. The van der Waals surface area contributed by atoms with Crippen LogP contribution < -0.4 is 10.1 Å². The predicted molar refractivity (Wildman–Crippen MR) is 152 cm³/mol. The summed E-state index contributed by atoms with van der Waals surface area (Å²) in [5.41, 5.74) is 2.08. The Kier molecular flexibility index (Phi) is 8.04. The van der Waals surface area contributed by atoms with E-state index in [2.05, 4.69) is 32.4 Å². The lowest BCUT2D eigenvalue weighted by molar-refractivity contribution is -0.134. The zero-order valence-corrected chi connectivity index (χ0v) is 23.8. The van der Waals surface area contributed by atoms with Crippen molar-refractivity contribution in [3.63, 3.8) is 0 Å². The number of hydrogen-bond donors (Lipinski definition) is 1. The number of nitrogens with zero attached hydrogens (tertiary/aromatic N) is 7. The number of rotatable bonds is 9. The van der Waals surface area contributed by atoms with E-state index in [4.69, 9.17) is 9.47 Å². The number of carbonyl (C=O) groups excluding carboxylic acids is 2. The lowest BCUT2D eigenvalue weighted by atomic mass is 10.0. The summed E-state index contributed by atoms with van der Waals surface area (Å²) in [5, 5.41) is 11.6. The number of fused-ring (bicyclic) bond motifs is 1. The van der Waals surface area contributed by atoms with E-state index < -0.39 is 12.5 Å². The van der Waals surface area contributed by atoms with Crippen LogP contribution in [0.5, 0.6) is 5.75 Å². The summed E-state index contributed by atoms with van der Waals surface area (Å²) in [6, 6.07) is 8.95. The van der Waals surface area contributed by atoms with Crippen LogP contribution in [0.1, 0.15) is 28.9 Å². The van der Waals surface area contributed by atoms with Crippen LogP contribution in [0, 0.1) is 6.92 Å². The number of amides is 2. The van der Waals surface area contributed by atoms with Crippen molar-refractivity contribution in [1.82, 2.24) is 34.2 Å². The lowest BCUT2D eigenvalue weighted by Gasteiger charge is -2.43. The zero-order valence-electron chi connectivity index (χ0n) is 23.8. The largest absolute Gasteiger partial charge is 0.434 e. The molecule has 3 aromatic heterocycles. The van der Waals surface area contributed by atoms with Crippen LogP contribution in [0.4, 0.5) is 14.5 Å². The van der Waals surface area contributed by atoms with Crippen molar-refractivity contribution in [2.45, 2.75) is 45.0 Å². The number of aryl methyl sites for hydroxylation is 1. The van der Waals surface area contributed by atoms with Gasteiger partial charge in [0.05, 0.1) is 31.1 Å². The molecule has 4 aromatic rings. The van der Waals surface area contributed by atoms with Crippen molar-refractivity contribution >= 4 is 23.1 Å². The maximum absolute atomic E-state index is 13.4. The van der Waals surface area contributed by atoms with Gasteiger partial charge in [-0.2, -0.15) is 19.0 Å². The molecule has 1 aromatic carbocycles. The molecule has 43 heavy (non-hydrogen) atoms. The molecule has 0 saturated carbocycles. The molecular formula is C29H32F2N8O4. The van der Waals surface area contributed by atoms with E-state index in [0.717, 1.165) is 31.6 Å². The molecule has 6 rings (SSSR count). The molecule has 0 atom stereocenters. The molecule has 14 heteroatoms. The SMILES string of the molecule is Cc1ccc(OC(F)F)c(-c2nn(CC(=O)N3CCC(N(C)C4COC4)CC3)cc2NC(=O)c2cnc3cccnn23)c1. The minimum absolute atomic E-state index is 0.0894. The Bertz CT molecular complexity index is 1630. The third kappa shape index (κ3) is 6.06. The Hall–Kier alpha value is -4.43. The van der Waals surface area contributed by atoms with E-state index in [1.54, 1.807) is 31.2 Å². The molecule has 0 bridgehead atoms. The number of carbonyl (C=O) groups is 2. The third-order valence-corrected chi connectivity index (χ3v) is 8.01. The number of nitrogens with one attached hydrogen (secondary N) is 1. The Balaban J connectivity index is 1.25. The van der Waals surface area contributed by atoms with Crippen LogP contribution >= 0.6 is 0 Å². The zero-order chi connectivity index (χ0) is 30.1. The van der Waals surface area contributed by atoms with Crippen LogP contribution in [0.25, 0.3) is 16.9 Å². The fourth-order valence-electron chi connectivity index (χ4n) is 5.51. The number of piperidine rings is 1. The first-order valence-corrected chi connectivity index (χ1v) is 14.1. The smallest absolute Gasteiger partial charge is 0.387 e. The van der Waals surface area contributed by atoms with Crippen molar-refractivity contribution in [2.75, 3.05) is 38.7 Å². The number of imidazole rings is 1. The van der Waals surface area contributed by atoms with Gasteiger partial charge in [0.1, 0.15) is 18.0 Å². The van der Waals surface area contributed by atoms with Crippen LogP contribution in [0.15, 0.2) is 48.9 Å². The summed E-state index contributed by atoms with van der Waals surface area (Å²) < 4.78 is 39.5. The number of aromatic nitrogens is 5. The minimum atomic E-state index is -3.06. The molecule has 0 unspecified atom stereocenters. The van der Waals surface area contributed by atoms with Crippen molar-refractivity contribution < 1.29 is 27.8 Å². The van der Waals surface area contributed by atoms with Gasteiger partial charge in [0.25, 0.3) is 5.91 Å². The van der Waals surface area contributed by atoms with Gasteiger partial charge >= 0.3 is 6.61 Å². The van der Waals surface area contributed by atoms with Crippen LogP contribution in [-0.2, 0) is 16.1 Å². The molecule has 12 nitrogen and oxygen atoms in total. The number of alkyl halides is 2. The Labute approximate surface area is 246 Å². The fourth-order valence-corrected chi connectivity index (χ4v) is 5.51. The van der Waals surface area contributed by atoms with Gasteiger partial charge in [0, 0.05) is 37.1 Å². The topological polar surface area (TPSA) is 119 Å². The van der Waals surface area contributed by atoms with Gasteiger partial charge in [-0.05, 0) is 51.1 Å². The van der Waals surface area contributed by atoms with Gasteiger partial charge in [0.15, 0.2) is 11.3 Å². The summed E-state index contributed by atoms with van der Waals surface area (Å²) >= 11 is 0. The molecule has 0 aliphatic carbocycles. The second kappa shape index (κ2) is 12.1. The first-order valence-electron chi connectivity index (χ1n) is 14.1. The van der Waals surface area contributed by atoms with Gasteiger partial charge in [-0.3, -0.25) is 19.2 Å². The average Bonchev–Trinajstić information content (AvgIpc) is 3.57. The molecule has 5 heterocycles. The van der Waals surface area contributed by atoms with E-state index in [1.807, 2.05) is 4.90 Å². The predicted octanol–water partition coefficient (Wildman–Crippen LogP) is 3.08. The van der Waals surface area contributed by atoms with Gasteiger partial charge in [0.2, 0.25) is 5.91 Å². The highest BCUT2D eigenvalue weighted by Gasteiger charge is 2.32. The monoisotopic (exact) mass is 594 g/mol. The summed E-state index contributed by atoms with van der Waals surface area (Å²) in [4.78, 5) is 35.0. The second-order valence-corrected chi connectivity index (χ2v) is 10.8. The maximum Gasteiger partial charge on any atom is 0.387 e. The average molecular weight is 595 g/mol. The van der Waals surface area contributed by atoms with Gasteiger partial charge in [-0.15, -0.1) is 0 Å². The molecule has 2 amide bonds. The van der Waals surface area contributed by atoms with Crippen LogP contribution in [0.2, 0.25) is 0 Å². The molecular weight excluding hydrogens is 562 g/mol. The third-order valence-electron chi connectivity index (χ3n) is 8.01. The molecule has 2 fully saturated rings. The highest BCUT2D eigenvalue weighted by molar-refractivity contribution is 6.05. The summed E-state index contributed by atoms with van der Waals surface area (Å²) in [5.74, 6) is -0.767. The highest BCUT2D eigenvalue weighted by Crippen LogP contribution is 2.36. The molecule has 0 radical (unpaired) electrons. The summed E-state index contributed by atoms with van der Waals surface area (Å²) in [6.45, 7) is 1.37.